The van der Waals surface area contributed by atoms with Gasteiger partial charge >= 0.3 is 11.8 Å². The molecular formula is C27H30FN5O2. The van der Waals surface area contributed by atoms with Crippen LogP contribution in [0.4, 0.5) is 15.8 Å². The average molecular weight is 476 g/mol. The minimum atomic E-state index is -0.694. The number of carbonyl (C=O) groups excluding carboxylic acids is 2. The van der Waals surface area contributed by atoms with Crippen LogP contribution in [0.5, 0.6) is 0 Å². The van der Waals surface area contributed by atoms with Gasteiger partial charge in [-0.1, -0.05) is 43.3 Å². The first kappa shape index (κ1) is 24.3. The van der Waals surface area contributed by atoms with Gasteiger partial charge in [0.1, 0.15) is 5.82 Å². The van der Waals surface area contributed by atoms with E-state index in [1.54, 1.807) is 30.6 Å². The molecule has 0 bridgehead atoms. The Morgan fingerprint density at radius 2 is 1.71 bits per heavy atom. The number of hydrogen-bond donors (Lipinski definition) is 2. The van der Waals surface area contributed by atoms with Crippen molar-refractivity contribution in [2.24, 2.45) is 0 Å². The van der Waals surface area contributed by atoms with Crippen LogP contribution in [0.15, 0.2) is 73.1 Å². The molecule has 2 amide bonds. The van der Waals surface area contributed by atoms with E-state index in [0.717, 1.165) is 17.5 Å². The molecule has 0 radical (unpaired) electrons. The lowest BCUT2D eigenvalue weighted by atomic mass is 10.1. The van der Waals surface area contributed by atoms with Crippen molar-refractivity contribution < 1.29 is 14.0 Å². The highest BCUT2D eigenvalue weighted by Gasteiger charge is 2.27. The summed E-state index contributed by atoms with van der Waals surface area (Å²) in [6, 6.07) is 17.9. The van der Waals surface area contributed by atoms with Crippen molar-refractivity contribution in [3.05, 3.63) is 90.0 Å². The van der Waals surface area contributed by atoms with Gasteiger partial charge in [0, 0.05) is 50.8 Å². The summed E-state index contributed by atoms with van der Waals surface area (Å²) in [5.41, 5.74) is 3.16. The number of nitrogens with one attached hydrogen (secondary N) is 2. The molecule has 1 fully saturated rings. The summed E-state index contributed by atoms with van der Waals surface area (Å²) >= 11 is 0. The number of pyridine rings is 1. The van der Waals surface area contributed by atoms with Gasteiger partial charge in [-0.3, -0.25) is 19.5 Å². The Labute approximate surface area is 205 Å². The predicted molar refractivity (Wildman–Crippen MR) is 135 cm³/mol. The predicted octanol–water partition coefficient (Wildman–Crippen LogP) is 3.40. The first-order chi connectivity index (χ1) is 17.1. The number of hydrogen-bond acceptors (Lipinski definition) is 5. The number of anilines is 2. The number of rotatable bonds is 7. The number of amides is 2. The van der Waals surface area contributed by atoms with E-state index in [-0.39, 0.29) is 18.4 Å². The summed E-state index contributed by atoms with van der Waals surface area (Å²) in [6.07, 6.45) is 4.23. The van der Waals surface area contributed by atoms with Crippen LogP contribution >= 0.6 is 0 Å². The Bertz CT molecular complexity index is 1150. The molecule has 1 aromatic heterocycles. The van der Waals surface area contributed by atoms with Crippen molar-refractivity contribution >= 4 is 23.2 Å². The third-order valence-electron chi connectivity index (χ3n) is 6.33. The standard InChI is InChI=1S/C27H30FN5O2/c1-2-20-8-3-5-11-23(20)31-27(35)26(34)30-19-25(21-9-7-13-29-18-21)33-16-14-32(15-17-33)24-12-6-4-10-22(24)28/h3-13,18,25H,2,14-17,19H2,1H3,(H,30,34)(H,31,35)/t25-/m1/s1. The third kappa shape index (κ3) is 6.02. The van der Waals surface area contributed by atoms with Gasteiger partial charge in [-0.15, -0.1) is 0 Å². The number of nitrogens with zero attached hydrogens (tertiary/aromatic N) is 3. The number of para-hydroxylation sites is 2. The van der Waals surface area contributed by atoms with Gasteiger partial charge in [0.25, 0.3) is 0 Å². The second-order valence-corrected chi connectivity index (χ2v) is 8.45. The zero-order chi connectivity index (χ0) is 24.6. The zero-order valence-electron chi connectivity index (χ0n) is 19.8. The number of benzene rings is 2. The van der Waals surface area contributed by atoms with Gasteiger partial charge < -0.3 is 15.5 Å². The Kier molecular flexibility index (Phi) is 8.05. The molecular weight excluding hydrogens is 445 g/mol. The molecule has 0 aliphatic carbocycles. The summed E-state index contributed by atoms with van der Waals surface area (Å²) < 4.78 is 14.2. The van der Waals surface area contributed by atoms with E-state index in [4.69, 9.17) is 0 Å². The van der Waals surface area contributed by atoms with Crippen molar-refractivity contribution in [3.8, 4) is 0 Å². The second-order valence-electron chi connectivity index (χ2n) is 8.45. The Hall–Kier alpha value is -3.78. The zero-order valence-corrected chi connectivity index (χ0v) is 19.8. The Morgan fingerprint density at radius 3 is 2.43 bits per heavy atom. The summed E-state index contributed by atoms with van der Waals surface area (Å²) in [7, 11) is 0. The summed E-state index contributed by atoms with van der Waals surface area (Å²) in [5.74, 6) is -1.61. The lowest BCUT2D eigenvalue weighted by Gasteiger charge is -2.40. The fourth-order valence-corrected chi connectivity index (χ4v) is 4.41. The Balaban J connectivity index is 1.40. The maximum absolute atomic E-state index is 14.2. The van der Waals surface area contributed by atoms with E-state index in [2.05, 4.69) is 20.5 Å². The molecule has 0 spiro atoms. The van der Waals surface area contributed by atoms with Gasteiger partial charge in [-0.2, -0.15) is 0 Å². The van der Waals surface area contributed by atoms with Gasteiger partial charge in [0.05, 0.1) is 11.7 Å². The van der Waals surface area contributed by atoms with Crippen molar-refractivity contribution in [2.75, 3.05) is 42.9 Å². The van der Waals surface area contributed by atoms with Gasteiger partial charge in [0.15, 0.2) is 0 Å². The van der Waals surface area contributed by atoms with Crippen LogP contribution in [0.3, 0.4) is 0 Å². The van der Waals surface area contributed by atoms with Crippen LogP contribution < -0.4 is 15.5 Å². The monoisotopic (exact) mass is 475 g/mol. The first-order valence-corrected chi connectivity index (χ1v) is 11.9. The molecule has 2 aromatic carbocycles. The quantitative estimate of drug-likeness (QED) is 0.512. The van der Waals surface area contributed by atoms with Crippen LogP contribution in [0.25, 0.3) is 0 Å². The molecule has 1 atom stereocenters. The van der Waals surface area contributed by atoms with E-state index in [1.165, 1.54) is 6.07 Å². The number of aryl methyl sites for hydroxylation is 1. The van der Waals surface area contributed by atoms with Crippen LogP contribution in [0.1, 0.15) is 24.1 Å². The van der Waals surface area contributed by atoms with Crippen LogP contribution in [-0.2, 0) is 16.0 Å². The molecule has 1 aliphatic rings. The highest BCUT2D eigenvalue weighted by Crippen LogP contribution is 2.25. The molecule has 7 nitrogen and oxygen atoms in total. The summed E-state index contributed by atoms with van der Waals surface area (Å²) in [6.45, 7) is 4.92. The molecule has 4 rings (SSSR count). The van der Waals surface area contributed by atoms with Crippen LogP contribution in [0.2, 0.25) is 0 Å². The van der Waals surface area contributed by atoms with Gasteiger partial charge in [0.2, 0.25) is 0 Å². The molecule has 1 saturated heterocycles. The van der Waals surface area contributed by atoms with Crippen LogP contribution in [0, 0.1) is 5.82 Å². The third-order valence-corrected chi connectivity index (χ3v) is 6.33. The number of aromatic nitrogens is 1. The number of piperazine rings is 1. The maximum atomic E-state index is 14.2. The smallest absolute Gasteiger partial charge is 0.313 e. The topological polar surface area (TPSA) is 77.6 Å². The van der Waals surface area contributed by atoms with Gasteiger partial charge in [-0.05, 0) is 41.8 Å². The van der Waals surface area contributed by atoms with Gasteiger partial charge in [-0.25, -0.2) is 4.39 Å². The lowest BCUT2D eigenvalue weighted by molar-refractivity contribution is -0.136. The number of carbonyl (C=O) groups is 2. The SMILES string of the molecule is CCc1ccccc1NC(=O)C(=O)NC[C@H](c1cccnc1)N1CCN(c2ccccc2F)CC1. The van der Waals surface area contributed by atoms with Crippen molar-refractivity contribution in [1.82, 2.24) is 15.2 Å². The molecule has 3 aromatic rings. The molecule has 8 heteroatoms. The molecule has 35 heavy (non-hydrogen) atoms. The number of halogens is 1. The fourth-order valence-electron chi connectivity index (χ4n) is 4.41. The minimum Gasteiger partial charge on any atom is -0.367 e. The van der Waals surface area contributed by atoms with E-state index in [1.807, 2.05) is 48.2 Å². The fraction of sp³-hybridized carbons (Fsp3) is 0.296. The molecule has 0 saturated carbocycles. The van der Waals surface area contributed by atoms with E-state index < -0.39 is 11.8 Å². The maximum Gasteiger partial charge on any atom is 0.313 e. The van der Waals surface area contributed by atoms with E-state index in [9.17, 15) is 14.0 Å². The Morgan fingerprint density at radius 1 is 0.971 bits per heavy atom. The highest BCUT2D eigenvalue weighted by molar-refractivity contribution is 6.39. The van der Waals surface area contributed by atoms with Crippen molar-refractivity contribution in [2.45, 2.75) is 19.4 Å². The lowest BCUT2D eigenvalue weighted by Crippen LogP contribution is -2.50. The highest BCUT2D eigenvalue weighted by atomic mass is 19.1. The van der Waals surface area contributed by atoms with E-state index in [0.29, 0.717) is 37.6 Å². The summed E-state index contributed by atoms with van der Waals surface area (Å²) in [5, 5.41) is 5.51. The molecule has 2 N–H and O–H groups in total. The average Bonchev–Trinajstić information content (AvgIpc) is 2.90. The normalized spacial score (nSPS) is 14.9. The minimum absolute atomic E-state index is 0.161. The molecule has 1 aliphatic heterocycles. The molecule has 0 unspecified atom stereocenters. The van der Waals surface area contributed by atoms with Crippen molar-refractivity contribution in [3.63, 3.8) is 0 Å². The molecule has 182 valence electrons. The first-order valence-electron chi connectivity index (χ1n) is 11.9. The van der Waals surface area contributed by atoms with Crippen molar-refractivity contribution in [1.29, 1.82) is 0 Å². The summed E-state index contributed by atoms with van der Waals surface area (Å²) in [4.78, 5) is 33.7. The second kappa shape index (κ2) is 11.6. The van der Waals surface area contributed by atoms with Crippen LogP contribution in [-0.4, -0.2) is 54.4 Å². The van der Waals surface area contributed by atoms with E-state index >= 15 is 0 Å². The molecule has 2 heterocycles. The largest absolute Gasteiger partial charge is 0.367 e.